The van der Waals surface area contributed by atoms with Crippen molar-refractivity contribution in [2.45, 2.75) is 31.8 Å². The summed E-state index contributed by atoms with van der Waals surface area (Å²) < 4.78 is 0. The maximum atomic E-state index is 5.94. The van der Waals surface area contributed by atoms with Gasteiger partial charge in [-0.25, -0.2) is 0 Å². The first-order valence-electron chi connectivity index (χ1n) is 6.41. The molecule has 0 aromatic heterocycles. The van der Waals surface area contributed by atoms with E-state index in [4.69, 9.17) is 11.6 Å². The molecule has 0 saturated carbocycles. The molecule has 1 heterocycles. The van der Waals surface area contributed by atoms with Gasteiger partial charge >= 0.3 is 0 Å². The SMILES string of the molecule is CCC(c1ccc(Cl)cc1)N1CCC(NC)C1. The highest BCUT2D eigenvalue weighted by atomic mass is 35.5. The van der Waals surface area contributed by atoms with Gasteiger partial charge in [0.25, 0.3) is 0 Å². The van der Waals surface area contributed by atoms with E-state index in [1.807, 2.05) is 12.1 Å². The van der Waals surface area contributed by atoms with E-state index in [0.29, 0.717) is 12.1 Å². The van der Waals surface area contributed by atoms with Crippen LogP contribution in [0.2, 0.25) is 5.02 Å². The number of hydrogen-bond donors (Lipinski definition) is 1. The molecule has 0 amide bonds. The largest absolute Gasteiger partial charge is 0.316 e. The third-order valence-corrected chi connectivity index (χ3v) is 3.96. The third-order valence-electron chi connectivity index (χ3n) is 3.71. The van der Waals surface area contributed by atoms with E-state index < -0.39 is 0 Å². The van der Waals surface area contributed by atoms with Crippen molar-refractivity contribution in [2.75, 3.05) is 20.1 Å². The molecule has 1 saturated heterocycles. The molecule has 17 heavy (non-hydrogen) atoms. The summed E-state index contributed by atoms with van der Waals surface area (Å²) in [5.41, 5.74) is 1.38. The van der Waals surface area contributed by atoms with E-state index in [1.54, 1.807) is 0 Å². The fraction of sp³-hybridized carbons (Fsp3) is 0.571. The van der Waals surface area contributed by atoms with Gasteiger partial charge in [0.1, 0.15) is 0 Å². The number of hydrogen-bond acceptors (Lipinski definition) is 2. The van der Waals surface area contributed by atoms with Crippen LogP contribution in [0.15, 0.2) is 24.3 Å². The summed E-state index contributed by atoms with van der Waals surface area (Å²) in [7, 11) is 2.05. The lowest BCUT2D eigenvalue weighted by molar-refractivity contribution is 0.234. The minimum absolute atomic E-state index is 0.533. The van der Waals surface area contributed by atoms with Crippen LogP contribution >= 0.6 is 11.6 Å². The number of rotatable bonds is 4. The lowest BCUT2D eigenvalue weighted by Crippen LogP contribution is -2.31. The molecule has 0 spiro atoms. The van der Waals surface area contributed by atoms with Crippen LogP contribution in [0.3, 0.4) is 0 Å². The summed E-state index contributed by atoms with van der Waals surface area (Å²) in [6.07, 6.45) is 2.40. The van der Waals surface area contributed by atoms with Crippen molar-refractivity contribution in [1.29, 1.82) is 0 Å². The van der Waals surface area contributed by atoms with Gasteiger partial charge in [-0.1, -0.05) is 30.7 Å². The van der Waals surface area contributed by atoms with Crippen LogP contribution in [0.4, 0.5) is 0 Å². The summed E-state index contributed by atoms with van der Waals surface area (Å²) >= 11 is 5.94. The Balaban J connectivity index is 2.08. The molecule has 0 bridgehead atoms. The zero-order valence-corrected chi connectivity index (χ0v) is 11.4. The van der Waals surface area contributed by atoms with Crippen LogP contribution < -0.4 is 5.32 Å². The lowest BCUT2D eigenvalue weighted by atomic mass is 10.0. The van der Waals surface area contributed by atoms with Crippen LogP contribution in [0.25, 0.3) is 0 Å². The van der Waals surface area contributed by atoms with Gasteiger partial charge in [-0.2, -0.15) is 0 Å². The maximum absolute atomic E-state index is 5.94. The molecule has 1 aromatic carbocycles. The van der Waals surface area contributed by atoms with E-state index in [1.165, 1.54) is 18.5 Å². The average Bonchev–Trinajstić information content (AvgIpc) is 2.81. The number of likely N-dealkylation sites (tertiary alicyclic amines) is 1. The Morgan fingerprint density at radius 1 is 1.41 bits per heavy atom. The van der Waals surface area contributed by atoms with E-state index in [-0.39, 0.29) is 0 Å². The second-order valence-corrected chi connectivity index (χ2v) is 5.18. The summed E-state index contributed by atoms with van der Waals surface area (Å²) in [5.74, 6) is 0. The Kier molecular flexibility index (Phi) is 4.43. The third kappa shape index (κ3) is 3.01. The first kappa shape index (κ1) is 12.9. The molecule has 1 aromatic rings. The number of nitrogens with one attached hydrogen (secondary N) is 1. The van der Waals surface area contributed by atoms with E-state index in [2.05, 4.69) is 36.3 Å². The van der Waals surface area contributed by atoms with Gasteiger partial charge in [-0.3, -0.25) is 4.90 Å². The van der Waals surface area contributed by atoms with E-state index in [0.717, 1.165) is 18.0 Å². The van der Waals surface area contributed by atoms with Gasteiger partial charge in [0.2, 0.25) is 0 Å². The number of benzene rings is 1. The lowest BCUT2D eigenvalue weighted by Gasteiger charge is -2.27. The fourth-order valence-corrected chi connectivity index (χ4v) is 2.82. The predicted octanol–water partition coefficient (Wildman–Crippen LogP) is 3.08. The van der Waals surface area contributed by atoms with Crippen LogP contribution in [-0.4, -0.2) is 31.1 Å². The Morgan fingerprint density at radius 3 is 2.65 bits per heavy atom. The molecule has 1 N–H and O–H groups in total. The second-order valence-electron chi connectivity index (χ2n) is 4.74. The minimum Gasteiger partial charge on any atom is -0.316 e. The Bertz CT molecular complexity index is 350. The molecule has 1 aliphatic heterocycles. The van der Waals surface area contributed by atoms with Gasteiger partial charge in [0, 0.05) is 30.2 Å². The Labute approximate surface area is 109 Å². The summed E-state index contributed by atoms with van der Waals surface area (Å²) in [6.45, 7) is 4.59. The molecule has 2 nitrogen and oxygen atoms in total. The van der Waals surface area contributed by atoms with Crippen molar-refractivity contribution < 1.29 is 0 Å². The van der Waals surface area contributed by atoms with Gasteiger partial charge < -0.3 is 5.32 Å². The standard InChI is InChI=1S/C14H21ClN2/c1-3-14(11-4-6-12(15)7-5-11)17-9-8-13(10-17)16-2/h4-7,13-14,16H,3,8-10H2,1-2H3. The quantitative estimate of drug-likeness (QED) is 0.886. The molecule has 0 aliphatic carbocycles. The van der Waals surface area contributed by atoms with Crippen molar-refractivity contribution in [1.82, 2.24) is 10.2 Å². The minimum atomic E-state index is 0.533. The van der Waals surface area contributed by atoms with Crippen molar-refractivity contribution in [3.05, 3.63) is 34.9 Å². The van der Waals surface area contributed by atoms with Gasteiger partial charge in [0.15, 0.2) is 0 Å². The highest BCUT2D eigenvalue weighted by molar-refractivity contribution is 6.30. The smallest absolute Gasteiger partial charge is 0.0406 e. The molecule has 2 rings (SSSR count). The fourth-order valence-electron chi connectivity index (χ4n) is 2.70. The first-order chi connectivity index (χ1) is 8.24. The van der Waals surface area contributed by atoms with E-state index in [9.17, 15) is 0 Å². The summed E-state index contributed by atoms with van der Waals surface area (Å²) in [4.78, 5) is 2.57. The van der Waals surface area contributed by atoms with Crippen molar-refractivity contribution in [3.8, 4) is 0 Å². The number of likely N-dealkylation sites (N-methyl/N-ethyl adjacent to an activating group) is 1. The molecule has 2 atom stereocenters. The van der Waals surface area contributed by atoms with Crippen LogP contribution in [0, 0.1) is 0 Å². The molecule has 94 valence electrons. The molecule has 0 radical (unpaired) electrons. The molecule has 3 heteroatoms. The summed E-state index contributed by atoms with van der Waals surface area (Å²) in [6, 6.07) is 9.48. The first-order valence-corrected chi connectivity index (χ1v) is 6.79. The van der Waals surface area contributed by atoms with Crippen LogP contribution in [0.1, 0.15) is 31.4 Å². The highest BCUT2D eigenvalue weighted by Gasteiger charge is 2.27. The van der Waals surface area contributed by atoms with Crippen molar-refractivity contribution >= 4 is 11.6 Å². The maximum Gasteiger partial charge on any atom is 0.0406 e. The topological polar surface area (TPSA) is 15.3 Å². The Hall–Kier alpha value is -0.570. The van der Waals surface area contributed by atoms with Crippen LogP contribution in [-0.2, 0) is 0 Å². The normalized spacial score (nSPS) is 22.9. The molecule has 1 aliphatic rings. The van der Waals surface area contributed by atoms with Gasteiger partial charge in [0.05, 0.1) is 0 Å². The number of nitrogens with zero attached hydrogens (tertiary/aromatic N) is 1. The van der Waals surface area contributed by atoms with Gasteiger partial charge in [-0.15, -0.1) is 0 Å². The monoisotopic (exact) mass is 252 g/mol. The van der Waals surface area contributed by atoms with Crippen LogP contribution in [0.5, 0.6) is 0 Å². The Morgan fingerprint density at radius 2 is 2.12 bits per heavy atom. The van der Waals surface area contributed by atoms with Crippen molar-refractivity contribution in [2.24, 2.45) is 0 Å². The van der Waals surface area contributed by atoms with E-state index >= 15 is 0 Å². The average molecular weight is 253 g/mol. The zero-order chi connectivity index (χ0) is 12.3. The highest BCUT2D eigenvalue weighted by Crippen LogP contribution is 2.28. The molecule has 2 unspecified atom stereocenters. The van der Waals surface area contributed by atoms with Crippen molar-refractivity contribution in [3.63, 3.8) is 0 Å². The molecular formula is C14H21ClN2. The predicted molar refractivity (Wildman–Crippen MR) is 73.5 cm³/mol. The van der Waals surface area contributed by atoms with Gasteiger partial charge in [-0.05, 0) is 37.6 Å². The number of halogens is 1. The molecule has 1 fully saturated rings. The zero-order valence-electron chi connectivity index (χ0n) is 10.6. The second kappa shape index (κ2) is 5.85. The molecular weight excluding hydrogens is 232 g/mol. The summed E-state index contributed by atoms with van der Waals surface area (Å²) in [5, 5.41) is 4.19.